The Bertz CT molecular complexity index is 446. The van der Waals surface area contributed by atoms with Gasteiger partial charge < -0.3 is 5.32 Å². The quantitative estimate of drug-likeness (QED) is 0.803. The second kappa shape index (κ2) is 6.66. The number of benzene rings is 1. The van der Waals surface area contributed by atoms with Gasteiger partial charge in [-0.05, 0) is 17.0 Å². The molecule has 3 heteroatoms. The Kier molecular flexibility index (Phi) is 4.90. The summed E-state index contributed by atoms with van der Waals surface area (Å²) in [6.07, 6.45) is 2.88. The van der Waals surface area contributed by atoms with Crippen molar-refractivity contribution < 1.29 is 0 Å². The lowest BCUT2D eigenvalue weighted by Crippen LogP contribution is -2.16. The van der Waals surface area contributed by atoms with Gasteiger partial charge in [-0.3, -0.25) is 0 Å². The van der Waals surface area contributed by atoms with Crippen molar-refractivity contribution >= 4 is 11.3 Å². The predicted octanol–water partition coefficient (Wildman–Crippen LogP) is 3.60. The van der Waals surface area contributed by atoms with Crippen LogP contribution in [0.1, 0.15) is 35.9 Å². The number of nitrogens with one attached hydrogen (secondary N) is 1. The SMILES string of the molecule is CC(C)c1ccc(CNCCc2nccs2)cc1. The van der Waals surface area contributed by atoms with E-state index in [0.29, 0.717) is 5.92 Å². The van der Waals surface area contributed by atoms with Crippen molar-refractivity contribution in [3.63, 3.8) is 0 Å². The number of rotatable bonds is 6. The molecule has 1 heterocycles. The molecule has 1 N–H and O–H groups in total. The van der Waals surface area contributed by atoms with Crippen LogP contribution >= 0.6 is 11.3 Å². The van der Waals surface area contributed by atoms with Gasteiger partial charge in [-0.25, -0.2) is 4.98 Å². The molecule has 0 bridgehead atoms. The summed E-state index contributed by atoms with van der Waals surface area (Å²) in [7, 11) is 0. The van der Waals surface area contributed by atoms with Gasteiger partial charge in [0.15, 0.2) is 0 Å². The predicted molar refractivity (Wildman–Crippen MR) is 78.1 cm³/mol. The van der Waals surface area contributed by atoms with Gasteiger partial charge in [-0.15, -0.1) is 11.3 Å². The molecule has 1 aromatic heterocycles. The van der Waals surface area contributed by atoms with Gasteiger partial charge >= 0.3 is 0 Å². The standard InChI is InChI=1S/C15H20N2S/c1-12(2)14-5-3-13(4-6-14)11-16-8-7-15-17-9-10-18-15/h3-6,9-10,12,16H,7-8,11H2,1-2H3. The van der Waals surface area contributed by atoms with Crippen LogP contribution in [0.3, 0.4) is 0 Å². The first kappa shape index (κ1) is 13.2. The molecule has 0 amide bonds. The average molecular weight is 260 g/mol. The summed E-state index contributed by atoms with van der Waals surface area (Å²) in [5.41, 5.74) is 2.75. The summed E-state index contributed by atoms with van der Waals surface area (Å²) in [5.74, 6) is 0.608. The number of aromatic nitrogens is 1. The van der Waals surface area contributed by atoms with E-state index in [0.717, 1.165) is 19.5 Å². The van der Waals surface area contributed by atoms with E-state index >= 15 is 0 Å². The number of hydrogen-bond donors (Lipinski definition) is 1. The summed E-state index contributed by atoms with van der Waals surface area (Å²) in [5, 5.41) is 6.69. The fourth-order valence-corrected chi connectivity index (χ4v) is 2.45. The molecule has 18 heavy (non-hydrogen) atoms. The Balaban J connectivity index is 1.73. The van der Waals surface area contributed by atoms with Crippen LogP contribution in [0.25, 0.3) is 0 Å². The number of hydrogen-bond acceptors (Lipinski definition) is 3. The molecule has 2 rings (SSSR count). The lowest BCUT2D eigenvalue weighted by Gasteiger charge is -2.07. The fourth-order valence-electron chi connectivity index (χ4n) is 1.82. The molecular formula is C15H20N2S. The maximum atomic E-state index is 4.27. The van der Waals surface area contributed by atoms with Gasteiger partial charge in [-0.2, -0.15) is 0 Å². The van der Waals surface area contributed by atoms with Crippen LogP contribution < -0.4 is 5.32 Å². The summed E-state index contributed by atoms with van der Waals surface area (Å²) < 4.78 is 0. The normalized spacial score (nSPS) is 11.1. The summed E-state index contributed by atoms with van der Waals surface area (Å²) in [6, 6.07) is 8.88. The van der Waals surface area contributed by atoms with Gasteiger partial charge in [0, 0.05) is 31.1 Å². The van der Waals surface area contributed by atoms with E-state index in [-0.39, 0.29) is 0 Å². The molecule has 0 fully saturated rings. The Morgan fingerprint density at radius 1 is 1.22 bits per heavy atom. The number of thiazole rings is 1. The third-order valence-corrected chi connectivity index (χ3v) is 3.81. The van der Waals surface area contributed by atoms with Crippen molar-refractivity contribution in [1.82, 2.24) is 10.3 Å². The van der Waals surface area contributed by atoms with Crippen LogP contribution in [0.15, 0.2) is 35.8 Å². The van der Waals surface area contributed by atoms with Crippen LogP contribution in [-0.4, -0.2) is 11.5 Å². The highest BCUT2D eigenvalue weighted by Gasteiger charge is 1.99. The second-order valence-corrected chi connectivity index (χ2v) is 5.73. The van der Waals surface area contributed by atoms with E-state index < -0.39 is 0 Å². The topological polar surface area (TPSA) is 24.9 Å². The van der Waals surface area contributed by atoms with Gasteiger partial charge in [0.05, 0.1) is 5.01 Å². The second-order valence-electron chi connectivity index (χ2n) is 4.75. The summed E-state index contributed by atoms with van der Waals surface area (Å²) >= 11 is 1.72. The minimum Gasteiger partial charge on any atom is -0.312 e. The van der Waals surface area contributed by atoms with Crippen molar-refractivity contribution in [3.05, 3.63) is 52.0 Å². The third kappa shape index (κ3) is 3.93. The Hall–Kier alpha value is -1.19. The first-order valence-corrected chi connectivity index (χ1v) is 7.31. The van der Waals surface area contributed by atoms with E-state index in [9.17, 15) is 0 Å². The summed E-state index contributed by atoms with van der Waals surface area (Å²) in [4.78, 5) is 4.27. The molecule has 0 saturated heterocycles. The minimum atomic E-state index is 0.608. The van der Waals surface area contributed by atoms with Gasteiger partial charge in [-0.1, -0.05) is 38.1 Å². The molecular weight excluding hydrogens is 240 g/mol. The lowest BCUT2D eigenvalue weighted by molar-refractivity contribution is 0.684. The third-order valence-electron chi connectivity index (χ3n) is 2.97. The zero-order valence-corrected chi connectivity index (χ0v) is 11.8. The molecule has 0 unspecified atom stereocenters. The van der Waals surface area contributed by atoms with E-state index in [1.165, 1.54) is 16.1 Å². The smallest absolute Gasteiger partial charge is 0.0937 e. The van der Waals surface area contributed by atoms with Gasteiger partial charge in [0.1, 0.15) is 0 Å². The fraction of sp³-hybridized carbons (Fsp3) is 0.400. The molecule has 0 radical (unpaired) electrons. The molecule has 96 valence electrons. The lowest BCUT2D eigenvalue weighted by atomic mass is 10.0. The molecule has 0 aliphatic heterocycles. The first-order valence-electron chi connectivity index (χ1n) is 6.43. The van der Waals surface area contributed by atoms with Crippen molar-refractivity contribution in [3.8, 4) is 0 Å². The highest BCUT2D eigenvalue weighted by atomic mass is 32.1. The molecule has 0 aliphatic rings. The largest absolute Gasteiger partial charge is 0.312 e. The molecule has 1 aromatic carbocycles. The zero-order valence-electron chi connectivity index (χ0n) is 11.0. The van der Waals surface area contributed by atoms with Crippen molar-refractivity contribution in [2.24, 2.45) is 0 Å². The molecule has 0 saturated carbocycles. The average Bonchev–Trinajstić information content (AvgIpc) is 2.88. The molecule has 0 atom stereocenters. The Labute approximate surface area is 113 Å². The molecule has 0 aliphatic carbocycles. The van der Waals surface area contributed by atoms with Gasteiger partial charge in [0.2, 0.25) is 0 Å². The van der Waals surface area contributed by atoms with Crippen LogP contribution in [0.2, 0.25) is 0 Å². The van der Waals surface area contributed by atoms with E-state index in [1.807, 2.05) is 11.6 Å². The number of nitrogens with zero attached hydrogens (tertiary/aromatic N) is 1. The monoisotopic (exact) mass is 260 g/mol. The van der Waals surface area contributed by atoms with Crippen LogP contribution in [0.4, 0.5) is 0 Å². The van der Waals surface area contributed by atoms with E-state index in [2.05, 4.69) is 48.4 Å². The maximum Gasteiger partial charge on any atom is 0.0937 e. The van der Waals surface area contributed by atoms with E-state index in [1.54, 1.807) is 11.3 Å². The summed E-state index contributed by atoms with van der Waals surface area (Å²) in [6.45, 7) is 6.37. The van der Waals surface area contributed by atoms with Crippen molar-refractivity contribution in [2.75, 3.05) is 6.54 Å². The minimum absolute atomic E-state index is 0.608. The Morgan fingerprint density at radius 3 is 2.61 bits per heavy atom. The van der Waals surface area contributed by atoms with Crippen molar-refractivity contribution in [1.29, 1.82) is 0 Å². The highest BCUT2D eigenvalue weighted by Crippen LogP contribution is 2.14. The highest BCUT2D eigenvalue weighted by molar-refractivity contribution is 7.09. The van der Waals surface area contributed by atoms with Gasteiger partial charge in [0.25, 0.3) is 0 Å². The maximum absolute atomic E-state index is 4.27. The first-order chi connectivity index (χ1) is 8.75. The Morgan fingerprint density at radius 2 is 2.00 bits per heavy atom. The van der Waals surface area contributed by atoms with E-state index in [4.69, 9.17) is 0 Å². The molecule has 2 aromatic rings. The molecule has 0 spiro atoms. The van der Waals surface area contributed by atoms with Crippen LogP contribution in [-0.2, 0) is 13.0 Å². The van der Waals surface area contributed by atoms with Crippen molar-refractivity contribution in [2.45, 2.75) is 32.7 Å². The molecule has 2 nitrogen and oxygen atoms in total. The van der Waals surface area contributed by atoms with Crippen LogP contribution in [0.5, 0.6) is 0 Å². The zero-order chi connectivity index (χ0) is 12.8. The van der Waals surface area contributed by atoms with Crippen LogP contribution in [0, 0.1) is 0 Å².